The average molecular weight is 392 g/mol. The molecule has 0 aliphatic heterocycles. The molecule has 3 rings (SSSR count). The lowest BCUT2D eigenvalue weighted by molar-refractivity contribution is -0.119. The molecule has 0 saturated carbocycles. The number of aryl methyl sites for hydroxylation is 2. The zero-order valence-corrected chi connectivity index (χ0v) is 17.1. The molecule has 1 aliphatic rings. The van der Waals surface area contributed by atoms with Crippen molar-refractivity contribution < 1.29 is 9.53 Å². The van der Waals surface area contributed by atoms with Crippen LogP contribution in [-0.2, 0) is 17.6 Å². The van der Waals surface area contributed by atoms with E-state index in [4.69, 9.17) is 4.74 Å². The summed E-state index contributed by atoms with van der Waals surface area (Å²) in [6, 6.07) is 6.62. The van der Waals surface area contributed by atoms with Crippen LogP contribution in [0.2, 0.25) is 0 Å². The number of thioether (sulfide) groups is 1. The summed E-state index contributed by atoms with van der Waals surface area (Å²) < 4.78 is 6.25. The molecule has 0 saturated heterocycles. The molecule has 0 spiro atoms. The number of nitrogens with one attached hydrogen (secondary N) is 1. The third-order valence-corrected chi connectivity index (χ3v) is 6.25. The number of carbonyl (C=O) groups is 1. The molecule has 1 amide bonds. The predicted molar refractivity (Wildman–Crippen MR) is 106 cm³/mol. The molecule has 1 N–H and O–H groups in total. The van der Waals surface area contributed by atoms with Gasteiger partial charge >= 0.3 is 0 Å². The van der Waals surface area contributed by atoms with E-state index in [2.05, 4.69) is 33.7 Å². The van der Waals surface area contributed by atoms with E-state index in [9.17, 15) is 4.79 Å². The molecule has 1 aliphatic carbocycles. The summed E-state index contributed by atoms with van der Waals surface area (Å²) in [5.74, 6) is 0.327. The normalized spacial score (nSPS) is 14.8. The van der Waals surface area contributed by atoms with E-state index in [1.54, 1.807) is 0 Å². The third kappa shape index (κ3) is 5.20. The van der Waals surface area contributed by atoms with E-state index >= 15 is 0 Å². The Labute approximate surface area is 162 Å². The third-order valence-electron chi connectivity index (χ3n) is 4.30. The van der Waals surface area contributed by atoms with Crippen LogP contribution in [0.4, 0.5) is 0 Å². The predicted octanol–water partition coefficient (Wildman–Crippen LogP) is 4.17. The van der Waals surface area contributed by atoms with Gasteiger partial charge in [0.1, 0.15) is 0 Å². The Bertz CT molecular complexity index is 761. The highest BCUT2D eigenvalue weighted by Crippen LogP contribution is 2.28. The summed E-state index contributed by atoms with van der Waals surface area (Å²) in [5.41, 5.74) is 4.08. The van der Waals surface area contributed by atoms with Gasteiger partial charge in [-0.15, -0.1) is 5.10 Å². The highest BCUT2D eigenvalue weighted by Gasteiger charge is 2.15. The van der Waals surface area contributed by atoms with Crippen LogP contribution in [0.1, 0.15) is 56.3 Å². The molecule has 1 atom stereocenters. The second-order valence-corrected chi connectivity index (χ2v) is 8.98. The highest BCUT2D eigenvalue weighted by atomic mass is 32.2. The summed E-state index contributed by atoms with van der Waals surface area (Å²) in [6.07, 6.45) is 4.94. The lowest BCUT2D eigenvalue weighted by atomic mass is 9.89. The summed E-state index contributed by atoms with van der Waals surface area (Å²) >= 11 is 2.76. The van der Waals surface area contributed by atoms with Gasteiger partial charge in [0, 0.05) is 0 Å². The molecule has 7 heteroatoms. The first kappa shape index (κ1) is 19.2. The van der Waals surface area contributed by atoms with Crippen LogP contribution in [0.3, 0.4) is 0 Å². The SMILES string of the molecule is CC(C)Oc1nnc(SCC(=O)NC(C)c2ccc3c(c2)CCCC3)s1. The monoisotopic (exact) mass is 391 g/mol. The average Bonchev–Trinajstić information content (AvgIpc) is 3.06. The van der Waals surface area contributed by atoms with Gasteiger partial charge in [0.2, 0.25) is 5.91 Å². The number of hydrogen-bond donors (Lipinski definition) is 1. The molecule has 1 unspecified atom stereocenters. The Hall–Kier alpha value is -1.60. The largest absolute Gasteiger partial charge is 0.466 e. The van der Waals surface area contributed by atoms with E-state index < -0.39 is 0 Å². The first-order valence-electron chi connectivity index (χ1n) is 9.05. The molecular weight excluding hydrogens is 366 g/mol. The van der Waals surface area contributed by atoms with Gasteiger partial charge in [-0.3, -0.25) is 4.79 Å². The standard InChI is InChI=1S/C19H25N3O2S2/c1-12(2)24-18-21-22-19(26-18)25-11-17(23)20-13(3)15-9-8-14-6-4-5-7-16(14)10-15/h8-10,12-13H,4-7,11H2,1-3H3,(H,20,23). The highest BCUT2D eigenvalue weighted by molar-refractivity contribution is 8.01. The van der Waals surface area contributed by atoms with Crippen LogP contribution in [0.5, 0.6) is 5.19 Å². The summed E-state index contributed by atoms with van der Waals surface area (Å²) in [7, 11) is 0. The molecule has 0 bridgehead atoms. The fraction of sp³-hybridized carbons (Fsp3) is 0.526. The van der Waals surface area contributed by atoms with Gasteiger partial charge in [-0.1, -0.05) is 35.1 Å². The van der Waals surface area contributed by atoms with Gasteiger partial charge in [-0.05, 0) is 74.5 Å². The number of rotatable bonds is 7. The van der Waals surface area contributed by atoms with Crippen LogP contribution >= 0.6 is 23.1 Å². The molecule has 1 heterocycles. The number of nitrogens with zero attached hydrogens (tertiary/aromatic N) is 2. The van der Waals surface area contributed by atoms with Crippen LogP contribution in [0, 0.1) is 0 Å². The van der Waals surface area contributed by atoms with Gasteiger partial charge in [-0.2, -0.15) is 0 Å². The summed E-state index contributed by atoms with van der Waals surface area (Å²) in [4.78, 5) is 12.3. The van der Waals surface area contributed by atoms with Gasteiger partial charge < -0.3 is 10.1 Å². The number of amides is 1. The second-order valence-electron chi connectivity index (χ2n) is 6.81. The van der Waals surface area contributed by atoms with Crippen LogP contribution in [-0.4, -0.2) is 28.0 Å². The Balaban J connectivity index is 1.50. The molecule has 2 aromatic rings. The maximum Gasteiger partial charge on any atom is 0.295 e. The maximum absolute atomic E-state index is 12.3. The van der Waals surface area contributed by atoms with Crippen molar-refractivity contribution in [1.29, 1.82) is 0 Å². The fourth-order valence-corrected chi connectivity index (χ4v) is 4.64. The Kier molecular flexibility index (Phi) is 6.53. The van der Waals surface area contributed by atoms with E-state index in [-0.39, 0.29) is 18.1 Å². The summed E-state index contributed by atoms with van der Waals surface area (Å²) in [6.45, 7) is 5.93. The molecule has 1 aromatic carbocycles. The van der Waals surface area contributed by atoms with Gasteiger partial charge in [0.05, 0.1) is 17.9 Å². The number of aromatic nitrogens is 2. The second kappa shape index (κ2) is 8.86. The lowest BCUT2D eigenvalue weighted by Gasteiger charge is -2.20. The first-order chi connectivity index (χ1) is 12.5. The number of carbonyl (C=O) groups excluding carboxylic acids is 1. The Morgan fingerprint density at radius 3 is 2.77 bits per heavy atom. The zero-order chi connectivity index (χ0) is 18.5. The van der Waals surface area contributed by atoms with E-state index in [0.29, 0.717) is 10.9 Å². The Morgan fingerprint density at radius 2 is 2.00 bits per heavy atom. The van der Waals surface area contributed by atoms with Crippen molar-refractivity contribution in [2.75, 3.05) is 5.75 Å². The zero-order valence-electron chi connectivity index (χ0n) is 15.4. The molecule has 0 radical (unpaired) electrons. The van der Waals surface area contributed by atoms with Gasteiger partial charge in [0.25, 0.3) is 5.19 Å². The summed E-state index contributed by atoms with van der Waals surface area (Å²) in [5, 5.41) is 11.7. The molecule has 140 valence electrons. The van der Waals surface area contributed by atoms with Crippen molar-refractivity contribution in [3.05, 3.63) is 34.9 Å². The van der Waals surface area contributed by atoms with Crippen molar-refractivity contribution in [2.24, 2.45) is 0 Å². The molecule has 1 aromatic heterocycles. The van der Waals surface area contributed by atoms with Gasteiger partial charge in [-0.25, -0.2) is 0 Å². The minimum absolute atomic E-state index is 0.00162. The quantitative estimate of drug-likeness (QED) is 0.718. The van der Waals surface area contributed by atoms with Crippen molar-refractivity contribution in [2.45, 2.75) is 62.9 Å². The van der Waals surface area contributed by atoms with Crippen molar-refractivity contribution >= 4 is 29.0 Å². The molecule has 0 fully saturated rings. The van der Waals surface area contributed by atoms with E-state index in [1.165, 1.54) is 59.1 Å². The number of hydrogen-bond acceptors (Lipinski definition) is 6. The van der Waals surface area contributed by atoms with Crippen LogP contribution in [0.15, 0.2) is 22.5 Å². The van der Waals surface area contributed by atoms with E-state index in [0.717, 1.165) is 10.8 Å². The van der Waals surface area contributed by atoms with Crippen LogP contribution < -0.4 is 10.1 Å². The van der Waals surface area contributed by atoms with Crippen molar-refractivity contribution in [1.82, 2.24) is 15.5 Å². The van der Waals surface area contributed by atoms with Gasteiger partial charge in [0.15, 0.2) is 4.34 Å². The first-order valence-corrected chi connectivity index (χ1v) is 10.9. The number of ether oxygens (including phenoxy) is 1. The van der Waals surface area contributed by atoms with E-state index in [1.807, 2.05) is 20.8 Å². The number of fused-ring (bicyclic) bond motifs is 1. The number of benzene rings is 1. The smallest absolute Gasteiger partial charge is 0.295 e. The lowest BCUT2D eigenvalue weighted by Crippen LogP contribution is -2.28. The van der Waals surface area contributed by atoms with Crippen molar-refractivity contribution in [3.63, 3.8) is 0 Å². The minimum Gasteiger partial charge on any atom is -0.466 e. The minimum atomic E-state index is 0.00162. The molecule has 26 heavy (non-hydrogen) atoms. The Morgan fingerprint density at radius 1 is 1.23 bits per heavy atom. The van der Waals surface area contributed by atoms with Crippen molar-refractivity contribution in [3.8, 4) is 5.19 Å². The van der Waals surface area contributed by atoms with Crippen LogP contribution in [0.25, 0.3) is 0 Å². The molecule has 5 nitrogen and oxygen atoms in total. The topological polar surface area (TPSA) is 64.1 Å². The molecular formula is C19H25N3O2S2. The fourth-order valence-electron chi connectivity index (χ4n) is 3.02. The maximum atomic E-state index is 12.3.